The molecule has 3 amide bonds. The van der Waals surface area contributed by atoms with Gasteiger partial charge in [-0.2, -0.15) is 12.7 Å². The van der Waals surface area contributed by atoms with E-state index in [4.69, 9.17) is 16.3 Å². The number of carbonyl (C=O) groups excluding carboxylic acids is 4. The Morgan fingerprint density at radius 1 is 1.41 bits per heavy atom. The van der Waals surface area contributed by atoms with Gasteiger partial charge in [-0.1, -0.05) is 18.5 Å². The minimum absolute atomic E-state index is 0. The molecule has 0 aliphatic carbocycles. The number of alkyl halides is 1. The van der Waals surface area contributed by atoms with Gasteiger partial charge in [-0.15, -0.1) is 22.9 Å². The smallest absolute Gasteiger partial charge is 1.00 e. The summed E-state index contributed by atoms with van der Waals surface area (Å²) in [5.41, 5.74) is -0.485. The van der Waals surface area contributed by atoms with Crippen molar-refractivity contribution in [2.75, 3.05) is 24.9 Å². The summed E-state index contributed by atoms with van der Waals surface area (Å²) in [6, 6.07) is -3.48. The van der Waals surface area contributed by atoms with E-state index in [-0.39, 0.29) is 58.6 Å². The second-order valence-electron chi connectivity index (χ2n) is 6.37. The molecule has 1 aromatic rings. The topological polar surface area (TPSA) is 194 Å². The molecule has 1 aromatic heterocycles. The van der Waals surface area contributed by atoms with Crippen LogP contribution >= 0.6 is 22.9 Å². The molecule has 0 saturated carbocycles. The van der Waals surface area contributed by atoms with E-state index in [1.807, 2.05) is 6.92 Å². The summed E-state index contributed by atoms with van der Waals surface area (Å²) < 4.78 is 37.2. The first-order chi connectivity index (χ1) is 15.5. The number of β-lactam (4-membered cyclic amide) rings is 1. The van der Waals surface area contributed by atoms with Crippen molar-refractivity contribution in [1.29, 1.82) is 0 Å². The quantitative estimate of drug-likeness (QED) is 0.0366. The van der Waals surface area contributed by atoms with E-state index in [0.717, 1.165) is 18.4 Å². The number of nitrogens with zero attached hydrogens (tertiary/aromatic N) is 3. The molecule has 34 heavy (non-hydrogen) atoms. The van der Waals surface area contributed by atoms with Crippen LogP contribution in [0.25, 0.3) is 0 Å². The molecule has 2 heterocycles. The molecule has 18 heteroatoms. The number of ether oxygens (including phenoxy) is 1. The van der Waals surface area contributed by atoms with E-state index >= 15 is 0 Å². The Labute approximate surface area is 227 Å². The predicted molar refractivity (Wildman–Crippen MR) is 116 cm³/mol. The maximum atomic E-state index is 12.8. The summed E-state index contributed by atoms with van der Waals surface area (Å²) in [7, 11) is -3.95. The fraction of sp³-hybridized carbons (Fsp3) is 0.500. The van der Waals surface area contributed by atoms with Gasteiger partial charge in [0.1, 0.15) is 24.7 Å². The summed E-state index contributed by atoms with van der Waals surface area (Å²) in [6.45, 7) is 1.78. The van der Waals surface area contributed by atoms with Crippen LogP contribution < -0.4 is 40.2 Å². The first kappa shape index (κ1) is 30.2. The van der Waals surface area contributed by atoms with Gasteiger partial charge >= 0.3 is 45.8 Å². The number of aromatic nitrogens is 1. The summed E-state index contributed by atoms with van der Waals surface area (Å²) in [5, 5.41) is 9.55. The largest absolute Gasteiger partial charge is 1.00 e. The average molecular weight is 550 g/mol. The molecule has 1 aliphatic heterocycles. The first-order valence-corrected chi connectivity index (χ1v) is 12.1. The molecule has 2 atom stereocenters. The molecule has 3 N–H and O–H groups in total. The van der Waals surface area contributed by atoms with Crippen LogP contribution in [-0.2, 0) is 39.1 Å². The standard InChI is InChI=1S/C16H20ClN5O9S2.Na.H/c1-3-4-5-31-15(26)12-11(14(25)22(12)33(27,28)29)20-13(24)10(21-30-2)8-7-32-16(18-8)19-9(23)6-17;;/h7,11-12H,3-6H2,1-2H3,(H,20,24)(H,18,19,23)(H,27,28,29);;/q;+1;-1/b21-10-;;. The third-order valence-electron chi connectivity index (χ3n) is 4.08. The minimum Gasteiger partial charge on any atom is -1.00 e. The molecule has 1 aliphatic rings. The second-order valence-corrected chi connectivity index (χ2v) is 8.79. The Morgan fingerprint density at radius 2 is 2.09 bits per heavy atom. The average Bonchev–Trinajstić information content (AvgIpc) is 3.20. The molecule has 14 nitrogen and oxygen atoms in total. The number of hydrogen-bond acceptors (Lipinski definition) is 11. The van der Waals surface area contributed by atoms with Crippen molar-refractivity contribution in [3.05, 3.63) is 11.1 Å². The molecule has 0 spiro atoms. The monoisotopic (exact) mass is 549 g/mol. The normalized spacial score (nSPS) is 17.8. The van der Waals surface area contributed by atoms with E-state index in [1.54, 1.807) is 0 Å². The van der Waals surface area contributed by atoms with E-state index in [1.165, 1.54) is 5.38 Å². The molecular weight excluding hydrogens is 529 g/mol. The number of hydrogen-bond donors (Lipinski definition) is 3. The molecular formula is C16H21ClN5NaO9S2. The number of halogens is 1. The second kappa shape index (κ2) is 13.3. The van der Waals surface area contributed by atoms with Crippen molar-refractivity contribution in [1.82, 2.24) is 14.6 Å². The predicted octanol–water partition coefficient (Wildman–Crippen LogP) is -3.37. The number of amides is 3. The van der Waals surface area contributed by atoms with Crippen molar-refractivity contribution in [3.63, 3.8) is 0 Å². The summed E-state index contributed by atoms with van der Waals surface area (Å²) in [6.07, 6.45) is 1.16. The summed E-state index contributed by atoms with van der Waals surface area (Å²) in [4.78, 5) is 57.4. The van der Waals surface area contributed by atoms with Crippen LogP contribution in [-0.4, -0.2) is 83.3 Å². The van der Waals surface area contributed by atoms with Gasteiger partial charge < -0.3 is 21.6 Å². The van der Waals surface area contributed by atoms with E-state index in [9.17, 15) is 32.1 Å². The third-order valence-corrected chi connectivity index (χ3v) is 5.99. The van der Waals surface area contributed by atoms with E-state index in [0.29, 0.717) is 12.8 Å². The Morgan fingerprint density at radius 3 is 2.65 bits per heavy atom. The van der Waals surface area contributed by atoms with E-state index < -0.39 is 51.8 Å². The van der Waals surface area contributed by atoms with Gasteiger partial charge in [0.2, 0.25) is 5.91 Å². The molecule has 1 fully saturated rings. The fourth-order valence-electron chi connectivity index (χ4n) is 2.59. The van der Waals surface area contributed by atoms with Gasteiger partial charge in [0, 0.05) is 5.38 Å². The molecule has 1 saturated heterocycles. The molecule has 2 rings (SSSR count). The Bertz CT molecular complexity index is 1070. The summed E-state index contributed by atoms with van der Waals surface area (Å²) >= 11 is 6.36. The number of oxime groups is 1. The number of nitrogens with one attached hydrogen (secondary N) is 2. The van der Waals surface area contributed by atoms with Crippen LogP contribution in [0.1, 0.15) is 26.9 Å². The fourth-order valence-corrected chi connectivity index (χ4v) is 4.21. The number of esters is 1. The van der Waals surface area contributed by atoms with Gasteiger partial charge in [-0.25, -0.2) is 9.78 Å². The van der Waals surface area contributed by atoms with E-state index in [2.05, 4.69) is 25.6 Å². The Hall–Kier alpha value is -1.82. The zero-order valence-electron chi connectivity index (χ0n) is 19.3. The maximum Gasteiger partial charge on any atom is 1.00 e. The van der Waals surface area contributed by atoms with Crippen molar-refractivity contribution < 1.29 is 72.7 Å². The SMILES string of the molecule is CCCCOC(=O)C1C(NC(=O)/C(=N\OC)c2csc(NC(=O)CCl)n2)C(=O)N1S(=O)(=O)O.[H-].[Na+]. The number of carbonyl (C=O) groups is 4. The number of thiazole rings is 1. The van der Waals surface area contributed by atoms with Gasteiger partial charge in [0.05, 0.1) is 6.61 Å². The van der Waals surface area contributed by atoms with Crippen molar-refractivity contribution >= 4 is 67.8 Å². The maximum absolute atomic E-state index is 12.8. The molecule has 0 bridgehead atoms. The van der Waals surface area contributed by atoms with Gasteiger partial charge in [-0.3, -0.25) is 18.9 Å². The van der Waals surface area contributed by atoms with Crippen molar-refractivity contribution in [2.24, 2.45) is 5.16 Å². The van der Waals surface area contributed by atoms with Gasteiger partial charge in [0.15, 0.2) is 16.9 Å². The van der Waals surface area contributed by atoms with Gasteiger partial charge in [-0.05, 0) is 6.42 Å². The molecule has 2 unspecified atom stereocenters. The first-order valence-electron chi connectivity index (χ1n) is 9.26. The van der Waals surface area contributed by atoms with Crippen LogP contribution in [0.15, 0.2) is 10.5 Å². The number of anilines is 1. The zero-order valence-corrected chi connectivity index (χ0v) is 22.7. The van der Waals surface area contributed by atoms with Crippen LogP contribution in [0.5, 0.6) is 0 Å². The minimum atomic E-state index is -5.09. The number of unbranched alkanes of at least 4 members (excludes halogenated alkanes) is 1. The van der Waals surface area contributed by atoms with Crippen molar-refractivity contribution in [2.45, 2.75) is 31.8 Å². The van der Waals surface area contributed by atoms with Crippen LogP contribution in [0.3, 0.4) is 0 Å². The molecule has 0 aromatic carbocycles. The third kappa shape index (κ3) is 7.34. The van der Waals surface area contributed by atoms with Crippen LogP contribution in [0.4, 0.5) is 5.13 Å². The Kier molecular flexibility index (Phi) is 11.8. The zero-order chi connectivity index (χ0) is 24.8. The van der Waals surface area contributed by atoms with Gasteiger partial charge in [0.25, 0.3) is 11.8 Å². The molecule has 0 radical (unpaired) electrons. The van der Waals surface area contributed by atoms with Crippen LogP contribution in [0, 0.1) is 0 Å². The number of rotatable bonds is 11. The summed E-state index contributed by atoms with van der Waals surface area (Å²) in [5.74, 6) is -4.29. The van der Waals surface area contributed by atoms with Crippen molar-refractivity contribution in [3.8, 4) is 0 Å². The molecule has 184 valence electrons. The Balaban J connectivity index is 0.00000578. The van der Waals surface area contributed by atoms with Crippen LogP contribution in [0.2, 0.25) is 0 Å².